The van der Waals surface area contributed by atoms with E-state index in [0.29, 0.717) is 18.6 Å². The number of carbonyl (C=O) groups excluding carboxylic acids is 1. The summed E-state index contributed by atoms with van der Waals surface area (Å²) in [6, 6.07) is 21.7. The second-order valence-corrected chi connectivity index (χ2v) is 11.0. The van der Waals surface area contributed by atoms with Gasteiger partial charge in [-0.2, -0.15) is 0 Å². The van der Waals surface area contributed by atoms with Crippen LogP contribution in [0.5, 0.6) is 11.5 Å². The van der Waals surface area contributed by atoms with E-state index in [0.717, 1.165) is 56.1 Å². The van der Waals surface area contributed by atoms with E-state index in [4.69, 9.17) is 9.47 Å². The molecule has 3 aromatic carbocycles. The predicted molar refractivity (Wildman–Crippen MR) is 149 cm³/mol. The van der Waals surface area contributed by atoms with Crippen molar-refractivity contribution in [1.29, 1.82) is 0 Å². The van der Waals surface area contributed by atoms with Crippen molar-refractivity contribution in [3.8, 4) is 11.5 Å². The Labute approximate surface area is 225 Å². The molecule has 2 fully saturated rings. The molecule has 0 aromatic heterocycles. The number of nitrogens with one attached hydrogen (secondary N) is 2. The van der Waals surface area contributed by atoms with Crippen LogP contribution in [0.4, 0.5) is 0 Å². The van der Waals surface area contributed by atoms with Gasteiger partial charge in [0.25, 0.3) is 0 Å². The molecule has 1 amide bonds. The normalized spacial score (nSPS) is 22.2. The Morgan fingerprint density at radius 1 is 0.974 bits per heavy atom. The lowest BCUT2D eigenvalue weighted by Crippen LogP contribution is -2.46. The van der Waals surface area contributed by atoms with Crippen LogP contribution in [-0.4, -0.2) is 73.9 Å². The zero-order chi connectivity index (χ0) is 25.9. The van der Waals surface area contributed by atoms with Crippen LogP contribution in [-0.2, 0) is 17.8 Å². The quantitative estimate of drug-likeness (QED) is 0.479. The first-order chi connectivity index (χ1) is 18.6. The molecule has 0 radical (unpaired) electrons. The highest BCUT2D eigenvalue weighted by Gasteiger charge is 2.37. The van der Waals surface area contributed by atoms with Gasteiger partial charge in [0.15, 0.2) is 11.5 Å². The fraction of sp³-hybridized carbons (Fsp3) is 0.452. The summed E-state index contributed by atoms with van der Waals surface area (Å²) in [5.41, 5.74) is 2.41. The average Bonchev–Trinajstić information content (AvgIpc) is 3.57. The summed E-state index contributed by atoms with van der Waals surface area (Å²) in [7, 11) is 2.20. The van der Waals surface area contributed by atoms with Crippen LogP contribution >= 0.6 is 0 Å². The molecule has 7 heteroatoms. The van der Waals surface area contributed by atoms with Crippen LogP contribution in [0.2, 0.25) is 0 Å². The van der Waals surface area contributed by atoms with Gasteiger partial charge in [-0.25, -0.2) is 0 Å². The second-order valence-electron chi connectivity index (χ2n) is 11.0. The lowest BCUT2D eigenvalue weighted by Gasteiger charge is -2.31. The topological polar surface area (TPSA) is 66.1 Å². The van der Waals surface area contributed by atoms with Crippen LogP contribution in [0, 0.1) is 0 Å². The lowest BCUT2D eigenvalue weighted by atomic mass is 10.0. The minimum absolute atomic E-state index is 0.124. The first-order valence-electron chi connectivity index (χ1n) is 13.9. The first-order valence-corrected chi connectivity index (χ1v) is 13.9. The van der Waals surface area contributed by atoms with Gasteiger partial charge in [0.2, 0.25) is 12.7 Å². The van der Waals surface area contributed by atoms with Gasteiger partial charge in [-0.3, -0.25) is 9.69 Å². The number of nitrogens with zero attached hydrogens (tertiary/aromatic N) is 2. The van der Waals surface area contributed by atoms with Gasteiger partial charge in [0.05, 0.1) is 6.04 Å². The summed E-state index contributed by atoms with van der Waals surface area (Å²) in [5.74, 6) is 1.70. The SMILES string of the molecule is CN1CCC(N[C@@H]2C[C@@H](C(=O)NCCc3ccc4c(c3)OCO4)N(Cc3cccc4ccccc34)C2)CC1. The van der Waals surface area contributed by atoms with E-state index in [9.17, 15) is 4.79 Å². The molecule has 0 aliphatic carbocycles. The van der Waals surface area contributed by atoms with Crippen molar-refractivity contribution in [3.05, 3.63) is 71.8 Å². The molecule has 0 bridgehead atoms. The number of ether oxygens (including phenoxy) is 2. The third kappa shape index (κ3) is 5.65. The van der Waals surface area contributed by atoms with Gasteiger partial charge in [0.1, 0.15) is 0 Å². The molecule has 3 aliphatic rings. The smallest absolute Gasteiger partial charge is 0.237 e. The molecule has 6 rings (SSSR count). The minimum Gasteiger partial charge on any atom is -0.454 e. The summed E-state index contributed by atoms with van der Waals surface area (Å²) in [6.45, 7) is 4.80. The molecular weight excluding hydrogens is 476 g/mol. The molecule has 3 aliphatic heterocycles. The van der Waals surface area contributed by atoms with E-state index in [-0.39, 0.29) is 18.7 Å². The number of amides is 1. The highest BCUT2D eigenvalue weighted by molar-refractivity contribution is 5.86. The number of likely N-dealkylation sites (tertiary alicyclic amines) is 2. The maximum atomic E-state index is 13.5. The molecular formula is C31H38N4O3. The predicted octanol–water partition coefficient (Wildman–Crippen LogP) is 3.55. The molecule has 3 heterocycles. The summed E-state index contributed by atoms with van der Waals surface area (Å²) >= 11 is 0. The van der Waals surface area contributed by atoms with Gasteiger partial charge in [-0.05, 0) is 79.9 Å². The molecule has 7 nitrogen and oxygen atoms in total. The first kappa shape index (κ1) is 25.2. The van der Waals surface area contributed by atoms with Crippen LogP contribution in [0.15, 0.2) is 60.7 Å². The van der Waals surface area contributed by atoms with E-state index in [1.54, 1.807) is 0 Å². The van der Waals surface area contributed by atoms with Crippen molar-refractivity contribution >= 4 is 16.7 Å². The Morgan fingerprint density at radius 2 is 1.79 bits per heavy atom. The average molecular weight is 515 g/mol. The molecule has 3 aromatic rings. The Morgan fingerprint density at radius 3 is 2.68 bits per heavy atom. The number of rotatable bonds is 8. The molecule has 0 saturated carbocycles. The lowest BCUT2D eigenvalue weighted by molar-refractivity contribution is -0.125. The fourth-order valence-corrected chi connectivity index (χ4v) is 6.17. The monoisotopic (exact) mass is 514 g/mol. The molecule has 2 saturated heterocycles. The molecule has 0 spiro atoms. The van der Waals surface area contributed by atoms with Crippen molar-refractivity contribution in [2.45, 2.75) is 50.4 Å². The van der Waals surface area contributed by atoms with Gasteiger partial charge in [0, 0.05) is 31.7 Å². The van der Waals surface area contributed by atoms with Gasteiger partial charge < -0.3 is 25.0 Å². The molecule has 200 valence electrons. The Hall–Kier alpha value is -3.13. The molecule has 2 N–H and O–H groups in total. The Balaban J connectivity index is 1.13. The van der Waals surface area contributed by atoms with Crippen LogP contribution in [0.3, 0.4) is 0 Å². The Kier molecular flexibility index (Phi) is 7.49. The Bertz CT molecular complexity index is 1270. The van der Waals surface area contributed by atoms with Crippen molar-refractivity contribution in [3.63, 3.8) is 0 Å². The van der Waals surface area contributed by atoms with Gasteiger partial charge in [-0.15, -0.1) is 0 Å². The standard InChI is InChI=1S/C31H38N4O3/c1-34-15-12-25(13-16-34)33-26-18-28(31(36)32-14-11-22-9-10-29-30(17-22)38-21-37-29)35(20-26)19-24-7-4-6-23-5-2-3-8-27(23)24/h2-10,17,25-26,28,33H,11-16,18-21H2,1H3,(H,32,36)/t26-,28+/m1/s1. The molecule has 0 unspecified atom stereocenters. The number of hydrogen-bond acceptors (Lipinski definition) is 6. The van der Waals surface area contributed by atoms with Crippen molar-refractivity contribution < 1.29 is 14.3 Å². The van der Waals surface area contributed by atoms with Gasteiger partial charge in [-0.1, -0.05) is 48.5 Å². The number of piperidine rings is 1. The summed E-state index contributed by atoms with van der Waals surface area (Å²) in [4.78, 5) is 18.3. The van der Waals surface area contributed by atoms with E-state index in [1.807, 2.05) is 18.2 Å². The maximum Gasteiger partial charge on any atom is 0.237 e. The minimum atomic E-state index is -0.144. The second kappa shape index (κ2) is 11.3. The van der Waals surface area contributed by atoms with Crippen LogP contribution in [0.1, 0.15) is 30.4 Å². The third-order valence-corrected chi connectivity index (χ3v) is 8.30. The van der Waals surface area contributed by atoms with Crippen LogP contribution < -0.4 is 20.1 Å². The van der Waals surface area contributed by atoms with E-state index in [2.05, 4.69) is 69.9 Å². The number of fused-ring (bicyclic) bond motifs is 2. The third-order valence-electron chi connectivity index (χ3n) is 8.30. The maximum absolute atomic E-state index is 13.5. The van der Waals surface area contributed by atoms with Crippen molar-refractivity contribution in [1.82, 2.24) is 20.4 Å². The summed E-state index contributed by atoms with van der Waals surface area (Å²) in [5, 5.41) is 9.66. The summed E-state index contributed by atoms with van der Waals surface area (Å²) in [6.07, 6.45) is 3.94. The molecule has 2 atom stereocenters. The highest BCUT2D eigenvalue weighted by Crippen LogP contribution is 2.32. The van der Waals surface area contributed by atoms with Crippen molar-refractivity contribution in [2.75, 3.05) is 40.0 Å². The number of carbonyl (C=O) groups is 1. The largest absolute Gasteiger partial charge is 0.454 e. The van der Waals surface area contributed by atoms with E-state index in [1.165, 1.54) is 29.2 Å². The molecule has 38 heavy (non-hydrogen) atoms. The number of benzene rings is 3. The van der Waals surface area contributed by atoms with Crippen molar-refractivity contribution in [2.24, 2.45) is 0 Å². The highest BCUT2D eigenvalue weighted by atomic mass is 16.7. The fourth-order valence-electron chi connectivity index (χ4n) is 6.17. The zero-order valence-electron chi connectivity index (χ0n) is 22.2. The zero-order valence-corrected chi connectivity index (χ0v) is 22.2. The van der Waals surface area contributed by atoms with Gasteiger partial charge >= 0.3 is 0 Å². The summed E-state index contributed by atoms with van der Waals surface area (Å²) < 4.78 is 10.9. The van der Waals surface area contributed by atoms with E-state index >= 15 is 0 Å². The number of hydrogen-bond donors (Lipinski definition) is 2. The van der Waals surface area contributed by atoms with Crippen LogP contribution in [0.25, 0.3) is 10.8 Å². The van der Waals surface area contributed by atoms with E-state index < -0.39 is 0 Å².